The van der Waals surface area contributed by atoms with Crippen LogP contribution in [0.25, 0.3) is 0 Å². The average molecular weight is 185 g/mol. The molecule has 0 radical (unpaired) electrons. The molecular weight excluding hydrogens is 162 g/mol. The number of hydrogen-bond donors (Lipinski definition) is 1. The van der Waals surface area contributed by atoms with Gasteiger partial charge in [-0.1, -0.05) is 13.8 Å². The summed E-state index contributed by atoms with van der Waals surface area (Å²) in [5.74, 6) is 0.885. The van der Waals surface area contributed by atoms with Gasteiger partial charge >= 0.3 is 0 Å². The topological polar surface area (TPSA) is 23.5 Å². The summed E-state index contributed by atoms with van der Waals surface area (Å²) >= 11 is 0. The zero-order chi connectivity index (χ0) is 9.68. The summed E-state index contributed by atoms with van der Waals surface area (Å²) < 4.78 is 0. The molecule has 78 valence electrons. The van der Waals surface area contributed by atoms with E-state index in [2.05, 4.69) is 11.8 Å². The van der Waals surface area contributed by atoms with E-state index in [0.29, 0.717) is 0 Å². The molecule has 0 saturated carbocycles. The number of aliphatic hydroxyl groups excluding tert-OH is 1. The van der Waals surface area contributed by atoms with Crippen LogP contribution in [0.4, 0.5) is 0 Å². The molecule has 2 atom stereocenters. The number of likely N-dealkylation sites (tertiary alicyclic amines) is 1. The molecule has 2 nitrogen and oxygen atoms in total. The summed E-state index contributed by atoms with van der Waals surface area (Å²) in [7, 11) is 0. The van der Waals surface area contributed by atoms with E-state index >= 15 is 0 Å². The second kappa shape index (κ2) is 5.61. The minimum atomic E-state index is -0.0694. The lowest BCUT2D eigenvalue weighted by atomic mass is 10.1. The SMILES string of the molecule is CCC(O)CCCN1CCC(C)C1. The number of aliphatic hydroxyl groups is 1. The summed E-state index contributed by atoms with van der Waals surface area (Å²) in [4.78, 5) is 2.52. The third-order valence-electron chi connectivity index (χ3n) is 2.99. The van der Waals surface area contributed by atoms with Crippen molar-refractivity contribution in [1.29, 1.82) is 0 Å². The lowest BCUT2D eigenvalue weighted by molar-refractivity contribution is 0.151. The Balaban J connectivity index is 2.00. The van der Waals surface area contributed by atoms with Crippen LogP contribution in [0.2, 0.25) is 0 Å². The number of hydrogen-bond acceptors (Lipinski definition) is 2. The van der Waals surface area contributed by atoms with Gasteiger partial charge < -0.3 is 10.0 Å². The third kappa shape index (κ3) is 4.10. The predicted octanol–water partition coefficient (Wildman–Crippen LogP) is 1.88. The second-order valence-electron chi connectivity index (χ2n) is 4.40. The van der Waals surface area contributed by atoms with Gasteiger partial charge in [-0.2, -0.15) is 0 Å². The van der Waals surface area contributed by atoms with E-state index in [1.54, 1.807) is 0 Å². The Morgan fingerprint density at radius 2 is 2.31 bits per heavy atom. The summed E-state index contributed by atoms with van der Waals surface area (Å²) in [5, 5.41) is 9.37. The van der Waals surface area contributed by atoms with Crippen LogP contribution >= 0.6 is 0 Å². The molecule has 0 aromatic carbocycles. The number of nitrogens with zero attached hydrogens (tertiary/aromatic N) is 1. The van der Waals surface area contributed by atoms with Gasteiger partial charge in [-0.3, -0.25) is 0 Å². The molecule has 1 fully saturated rings. The standard InChI is InChI=1S/C11H23NO/c1-3-11(13)5-4-7-12-8-6-10(2)9-12/h10-11,13H,3-9H2,1-2H3. The first-order chi connectivity index (χ1) is 6.22. The highest BCUT2D eigenvalue weighted by Gasteiger charge is 2.17. The van der Waals surface area contributed by atoms with Crippen LogP contribution in [0.3, 0.4) is 0 Å². The molecule has 1 N–H and O–H groups in total. The molecule has 0 aromatic heterocycles. The van der Waals surface area contributed by atoms with Gasteiger partial charge in [0, 0.05) is 6.54 Å². The van der Waals surface area contributed by atoms with Crippen molar-refractivity contribution in [3.8, 4) is 0 Å². The van der Waals surface area contributed by atoms with Crippen molar-refractivity contribution in [2.75, 3.05) is 19.6 Å². The van der Waals surface area contributed by atoms with Gasteiger partial charge in [-0.05, 0) is 44.7 Å². The summed E-state index contributed by atoms with van der Waals surface area (Å²) in [6.45, 7) is 8.08. The maximum atomic E-state index is 9.37. The Morgan fingerprint density at radius 1 is 1.54 bits per heavy atom. The van der Waals surface area contributed by atoms with E-state index in [1.165, 1.54) is 26.1 Å². The summed E-state index contributed by atoms with van der Waals surface area (Å²) in [6.07, 6.45) is 4.32. The molecule has 1 heterocycles. The zero-order valence-electron chi connectivity index (χ0n) is 9.00. The van der Waals surface area contributed by atoms with Gasteiger partial charge in [0.2, 0.25) is 0 Å². The Kier molecular flexibility index (Phi) is 4.74. The molecule has 0 aliphatic carbocycles. The number of rotatable bonds is 5. The van der Waals surface area contributed by atoms with E-state index in [9.17, 15) is 5.11 Å². The third-order valence-corrected chi connectivity index (χ3v) is 2.99. The fourth-order valence-electron chi connectivity index (χ4n) is 1.98. The van der Waals surface area contributed by atoms with Gasteiger partial charge in [-0.25, -0.2) is 0 Å². The largest absolute Gasteiger partial charge is 0.393 e. The molecule has 0 spiro atoms. The van der Waals surface area contributed by atoms with Crippen LogP contribution in [0.5, 0.6) is 0 Å². The van der Waals surface area contributed by atoms with Crippen molar-refractivity contribution in [2.45, 2.75) is 45.6 Å². The van der Waals surface area contributed by atoms with Crippen molar-refractivity contribution in [3.63, 3.8) is 0 Å². The highest BCUT2D eigenvalue weighted by Crippen LogP contribution is 2.15. The van der Waals surface area contributed by atoms with Gasteiger partial charge in [0.25, 0.3) is 0 Å². The van der Waals surface area contributed by atoms with Crippen LogP contribution in [0.15, 0.2) is 0 Å². The molecule has 2 heteroatoms. The molecule has 2 unspecified atom stereocenters. The monoisotopic (exact) mass is 185 g/mol. The molecule has 13 heavy (non-hydrogen) atoms. The van der Waals surface area contributed by atoms with E-state index in [4.69, 9.17) is 0 Å². The molecule has 1 rings (SSSR count). The fourth-order valence-corrected chi connectivity index (χ4v) is 1.98. The molecule has 0 amide bonds. The zero-order valence-corrected chi connectivity index (χ0v) is 9.00. The van der Waals surface area contributed by atoms with Crippen LogP contribution in [-0.4, -0.2) is 35.7 Å². The summed E-state index contributed by atoms with van der Waals surface area (Å²) in [6, 6.07) is 0. The van der Waals surface area contributed by atoms with Crippen LogP contribution in [0, 0.1) is 5.92 Å². The molecule has 1 saturated heterocycles. The molecule has 1 aliphatic rings. The van der Waals surface area contributed by atoms with Gasteiger partial charge in [0.1, 0.15) is 0 Å². The minimum Gasteiger partial charge on any atom is -0.393 e. The van der Waals surface area contributed by atoms with Gasteiger partial charge in [-0.15, -0.1) is 0 Å². The van der Waals surface area contributed by atoms with Gasteiger partial charge in [0.05, 0.1) is 6.10 Å². The van der Waals surface area contributed by atoms with Gasteiger partial charge in [0.15, 0.2) is 0 Å². The highest BCUT2D eigenvalue weighted by molar-refractivity contribution is 4.72. The lowest BCUT2D eigenvalue weighted by Crippen LogP contribution is -2.22. The van der Waals surface area contributed by atoms with Crippen molar-refractivity contribution in [2.24, 2.45) is 5.92 Å². The Hall–Kier alpha value is -0.0800. The van der Waals surface area contributed by atoms with Crippen molar-refractivity contribution < 1.29 is 5.11 Å². The van der Waals surface area contributed by atoms with E-state index in [0.717, 1.165) is 25.2 Å². The average Bonchev–Trinajstić information content (AvgIpc) is 2.51. The Morgan fingerprint density at radius 3 is 2.85 bits per heavy atom. The normalized spacial score (nSPS) is 26.5. The van der Waals surface area contributed by atoms with E-state index in [-0.39, 0.29) is 6.10 Å². The highest BCUT2D eigenvalue weighted by atomic mass is 16.3. The maximum absolute atomic E-state index is 9.37. The fraction of sp³-hybridized carbons (Fsp3) is 1.00. The maximum Gasteiger partial charge on any atom is 0.0538 e. The minimum absolute atomic E-state index is 0.0694. The first kappa shape index (κ1) is 11.0. The smallest absolute Gasteiger partial charge is 0.0538 e. The predicted molar refractivity (Wildman–Crippen MR) is 55.8 cm³/mol. The van der Waals surface area contributed by atoms with E-state index in [1.807, 2.05) is 6.92 Å². The quantitative estimate of drug-likeness (QED) is 0.707. The van der Waals surface area contributed by atoms with Crippen LogP contribution in [0.1, 0.15) is 39.5 Å². The van der Waals surface area contributed by atoms with Crippen molar-refractivity contribution >= 4 is 0 Å². The lowest BCUT2D eigenvalue weighted by Gasteiger charge is -2.15. The molecule has 0 aromatic rings. The van der Waals surface area contributed by atoms with E-state index < -0.39 is 0 Å². The first-order valence-corrected chi connectivity index (χ1v) is 5.62. The van der Waals surface area contributed by atoms with Crippen LogP contribution < -0.4 is 0 Å². The molecule has 0 bridgehead atoms. The van der Waals surface area contributed by atoms with Crippen LogP contribution in [-0.2, 0) is 0 Å². The first-order valence-electron chi connectivity index (χ1n) is 5.62. The Labute approximate surface area is 81.9 Å². The molecular formula is C11H23NO. The summed E-state index contributed by atoms with van der Waals surface area (Å²) in [5.41, 5.74) is 0. The van der Waals surface area contributed by atoms with Crippen molar-refractivity contribution in [1.82, 2.24) is 4.90 Å². The second-order valence-corrected chi connectivity index (χ2v) is 4.40. The molecule has 1 aliphatic heterocycles. The van der Waals surface area contributed by atoms with Crippen molar-refractivity contribution in [3.05, 3.63) is 0 Å². The Bertz CT molecular complexity index is 138.